The molecule has 19 heavy (non-hydrogen) atoms. The molecular formula is C14H14N4S. The largest absolute Gasteiger partial charge is 0.383 e. The second-order valence-electron chi connectivity index (χ2n) is 4.40. The standard InChI is InChI=1S/C14H14N4S/c1-9-5-8-19-13(9)12-11(14(15)18(2)17-12)10-3-6-16-7-4-10/h3-8H,15H2,1-2H3. The number of aryl methyl sites for hydroxylation is 2. The van der Waals surface area contributed by atoms with Gasteiger partial charge in [-0.25, -0.2) is 0 Å². The lowest BCUT2D eigenvalue weighted by Crippen LogP contribution is -1.97. The maximum Gasteiger partial charge on any atom is 0.129 e. The van der Waals surface area contributed by atoms with Gasteiger partial charge >= 0.3 is 0 Å². The molecule has 3 rings (SSSR count). The van der Waals surface area contributed by atoms with Crippen molar-refractivity contribution in [3.63, 3.8) is 0 Å². The van der Waals surface area contributed by atoms with E-state index in [0.717, 1.165) is 16.8 Å². The Morgan fingerprint density at radius 3 is 2.58 bits per heavy atom. The van der Waals surface area contributed by atoms with Gasteiger partial charge in [-0.3, -0.25) is 9.67 Å². The lowest BCUT2D eigenvalue weighted by atomic mass is 10.0. The fourth-order valence-electron chi connectivity index (χ4n) is 2.11. The van der Waals surface area contributed by atoms with Crippen LogP contribution in [0.2, 0.25) is 0 Å². The van der Waals surface area contributed by atoms with Crippen molar-refractivity contribution in [1.29, 1.82) is 0 Å². The van der Waals surface area contributed by atoms with Gasteiger partial charge in [-0.2, -0.15) is 5.10 Å². The van der Waals surface area contributed by atoms with Crippen LogP contribution in [0.1, 0.15) is 5.56 Å². The van der Waals surface area contributed by atoms with E-state index in [-0.39, 0.29) is 0 Å². The lowest BCUT2D eigenvalue weighted by molar-refractivity contribution is 0.783. The van der Waals surface area contributed by atoms with Crippen LogP contribution in [0.3, 0.4) is 0 Å². The quantitative estimate of drug-likeness (QED) is 0.778. The van der Waals surface area contributed by atoms with Crippen molar-refractivity contribution in [2.24, 2.45) is 7.05 Å². The molecule has 0 aromatic carbocycles. The summed E-state index contributed by atoms with van der Waals surface area (Å²) in [5.41, 5.74) is 10.4. The van der Waals surface area contributed by atoms with Gasteiger partial charge in [-0.1, -0.05) is 0 Å². The number of rotatable bonds is 2. The third kappa shape index (κ3) is 1.92. The van der Waals surface area contributed by atoms with Gasteiger partial charge in [0.2, 0.25) is 0 Å². The number of nitrogens with zero attached hydrogens (tertiary/aromatic N) is 3. The highest BCUT2D eigenvalue weighted by Gasteiger charge is 2.19. The molecule has 0 radical (unpaired) electrons. The number of thiophene rings is 1. The Kier molecular flexibility index (Phi) is 2.83. The number of nitrogen functional groups attached to an aromatic ring is 1. The zero-order valence-corrected chi connectivity index (χ0v) is 11.6. The third-order valence-electron chi connectivity index (χ3n) is 3.14. The number of hydrogen-bond acceptors (Lipinski definition) is 4. The first-order valence-corrected chi connectivity index (χ1v) is 6.84. The van der Waals surface area contributed by atoms with Crippen molar-refractivity contribution in [3.8, 4) is 21.7 Å². The minimum absolute atomic E-state index is 0.675. The van der Waals surface area contributed by atoms with E-state index in [1.165, 1.54) is 10.4 Å². The molecule has 0 atom stereocenters. The Morgan fingerprint density at radius 2 is 1.95 bits per heavy atom. The smallest absolute Gasteiger partial charge is 0.129 e. The third-order valence-corrected chi connectivity index (χ3v) is 4.16. The Labute approximate surface area is 115 Å². The topological polar surface area (TPSA) is 56.7 Å². The molecule has 0 fully saturated rings. The molecule has 0 aliphatic heterocycles. The summed E-state index contributed by atoms with van der Waals surface area (Å²) >= 11 is 1.69. The molecule has 2 N–H and O–H groups in total. The number of nitrogens with two attached hydrogens (primary N) is 1. The monoisotopic (exact) mass is 270 g/mol. The molecule has 96 valence electrons. The summed E-state index contributed by atoms with van der Waals surface area (Å²) in [4.78, 5) is 5.22. The van der Waals surface area contributed by atoms with Crippen molar-refractivity contribution in [2.45, 2.75) is 6.92 Å². The average molecular weight is 270 g/mol. The first-order chi connectivity index (χ1) is 9.18. The molecule has 0 saturated heterocycles. The predicted octanol–water partition coefficient (Wildman–Crippen LogP) is 3.10. The Morgan fingerprint density at radius 1 is 1.21 bits per heavy atom. The van der Waals surface area contributed by atoms with Gasteiger partial charge in [-0.05, 0) is 41.6 Å². The maximum atomic E-state index is 6.18. The summed E-state index contributed by atoms with van der Waals surface area (Å²) < 4.78 is 1.73. The highest BCUT2D eigenvalue weighted by molar-refractivity contribution is 7.13. The summed E-state index contributed by atoms with van der Waals surface area (Å²) in [6.07, 6.45) is 3.54. The highest BCUT2D eigenvalue weighted by atomic mass is 32.1. The van der Waals surface area contributed by atoms with Crippen LogP contribution in [-0.2, 0) is 7.05 Å². The molecule has 0 aliphatic rings. The Hall–Kier alpha value is -2.14. The molecule has 3 aromatic rings. The second kappa shape index (κ2) is 4.51. The number of hydrogen-bond donors (Lipinski definition) is 1. The first kappa shape index (κ1) is 11.9. The molecule has 3 aromatic heterocycles. The van der Waals surface area contributed by atoms with Gasteiger partial charge in [0.25, 0.3) is 0 Å². The van der Waals surface area contributed by atoms with Crippen LogP contribution in [0.4, 0.5) is 5.82 Å². The molecule has 0 saturated carbocycles. The molecule has 3 heterocycles. The molecule has 4 nitrogen and oxygen atoms in total. The molecule has 0 aliphatic carbocycles. The summed E-state index contributed by atoms with van der Waals surface area (Å²) in [5.74, 6) is 0.675. The lowest BCUT2D eigenvalue weighted by Gasteiger charge is -2.03. The van der Waals surface area contributed by atoms with Crippen molar-refractivity contribution in [3.05, 3.63) is 41.5 Å². The van der Waals surface area contributed by atoms with Gasteiger partial charge in [0.15, 0.2) is 0 Å². The van der Waals surface area contributed by atoms with Crippen molar-refractivity contribution >= 4 is 17.2 Å². The highest BCUT2D eigenvalue weighted by Crippen LogP contribution is 2.39. The van der Waals surface area contributed by atoms with Crippen molar-refractivity contribution in [1.82, 2.24) is 14.8 Å². The van der Waals surface area contributed by atoms with Crippen LogP contribution < -0.4 is 5.73 Å². The molecule has 0 unspecified atom stereocenters. The minimum atomic E-state index is 0.675. The summed E-state index contributed by atoms with van der Waals surface area (Å²) in [5, 5.41) is 6.65. The zero-order valence-electron chi connectivity index (χ0n) is 10.8. The Bertz CT molecular complexity index is 712. The first-order valence-electron chi connectivity index (χ1n) is 5.96. The number of aromatic nitrogens is 3. The van der Waals surface area contributed by atoms with E-state index in [4.69, 9.17) is 5.73 Å². The number of anilines is 1. The zero-order chi connectivity index (χ0) is 13.4. The van der Waals surface area contributed by atoms with Gasteiger partial charge in [-0.15, -0.1) is 11.3 Å². The van der Waals surface area contributed by atoms with Gasteiger partial charge in [0, 0.05) is 19.4 Å². The van der Waals surface area contributed by atoms with Gasteiger partial charge in [0.05, 0.1) is 10.4 Å². The van der Waals surface area contributed by atoms with E-state index in [1.807, 2.05) is 19.2 Å². The van der Waals surface area contributed by atoms with E-state index in [1.54, 1.807) is 28.4 Å². The van der Waals surface area contributed by atoms with Gasteiger partial charge in [0.1, 0.15) is 11.5 Å². The molecule has 0 bridgehead atoms. The van der Waals surface area contributed by atoms with E-state index >= 15 is 0 Å². The maximum absolute atomic E-state index is 6.18. The van der Waals surface area contributed by atoms with Crippen LogP contribution in [0.25, 0.3) is 21.7 Å². The van der Waals surface area contributed by atoms with Crippen molar-refractivity contribution < 1.29 is 0 Å². The second-order valence-corrected chi connectivity index (χ2v) is 5.32. The fourth-order valence-corrected chi connectivity index (χ4v) is 3.03. The normalized spacial score (nSPS) is 10.8. The number of pyridine rings is 1. The molecule has 0 spiro atoms. The van der Waals surface area contributed by atoms with E-state index in [0.29, 0.717) is 5.82 Å². The summed E-state index contributed by atoms with van der Waals surface area (Å²) in [6.45, 7) is 2.09. The van der Waals surface area contributed by atoms with E-state index < -0.39 is 0 Å². The van der Waals surface area contributed by atoms with Crippen LogP contribution >= 0.6 is 11.3 Å². The SMILES string of the molecule is Cc1ccsc1-c1nn(C)c(N)c1-c1ccncc1. The average Bonchev–Trinajstić information content (AvgIpc) is 2.96. The summed E-state index contributed by atoms with van der Waals surface area (Å²) in [6, 6.07) is 6.01. The molecule has 5 heteroatoms. The van der Waals surface area contributed by atoms with Crippen LogP contribution in [0.5, 0.6) is 0 Å². The van der Waals surface area contributed by atoms with Crippen molar-refractivity contribution in [2.75, 3.05) is 5.73 Å². The molecule has 0 amide bonds. The fraction of sp³-hybridized carbons (Fsp3) is 0.143. The van der Waals surface area contributed by atoms with E-state index in [9.17, 15) is 0 Å². The molecular weight excluding hydrogens is 256 g/mol. The van der Waals surface area contributed by atoms with E-state index in [2.05, 4.69) is 28.5 Å². The summed E-state index contributed by atoms with van der Waals surface area (Å²) in [7, 11) is 1.87. The van der Waals surface area contributed by atoms with Crippen LogP contribution in [0, 0.1) is 6.92 Å². The minimum Gasteiger partial charge on any atom is -0.383 e. The van der Waals surface area contributed by atoms with Crippen LogP contribution in [-0.4, -0.2) is 14.8 Å². The predicted molar refractivity (Wildman–Crippen MR) is 78.9 cm³/mol. The van der Waals surface area contributed by atoms with Gasteiger partial charge < -0.3 is 5.73 Å². The van der Waals surface area contributed by atoms with Crippen LogP contribution in [0.15, 0.2) is 36.0 Å². The Balaban J connectivity index is 2.28.